The normalized spacial score (nSPS) is 12.4. The van der Waals surface area contributed by atoms with E-state index >= 15 is 0 Å². The average Bonchev–Trinajstić information content (AvgIpc) is 2.44. The first-order valence-electron chi connectivity index (χ1n) is 7.03. The van der Waals surface area contributed by atoms with E-state index in [-0.39, 0.29) is 6.04 Å². The minimum atomic E-state index is 0.0924. The van der Waals surface area contributed by atoms with Gasteiger partial charge in [0, 0.05) is 17.4 Å². The fourth-order valence-corrected chi connectivity index (χ4v) is 2.56. The molecule has 1 atom stereocenters. The lowest BCUT2D eigenvalue weighted by Crippen LogP contribution is -2.24. The third kappa shape index (κ3) is 3.38. The third-order valence-electron chi connectivity index (χ3n) is 3.36. The van der Waals surface area contributed by atoms with Crippen LogP contribution in [-0.4, -0.2) is 11.5 Å². The number of pyridine rings is 1. The molecule has 0 spiro atoms. The number of halogens is 1. The molecule has 1 unspecified atom stereocenters. The second-order valence-electron chi connectivity index (χ2n) is 5.16. The number of aryl methyl sites for hydroxylation is 2. The molecular formula is C17H21ClN2. The maximum absolute atomic E-state index is 6.50. The summed E-state index contributed by atoms with van der Waals surface area (Å²) in [6, 6.07) is 8.44. The Morgan fingerprint density at radius 2 is 2.05 bits per heavy atom. The first-order chi connectivity index (χ1) is 9.63. The minimum absolute atomic E-state index is 0.0924. The zero-order valence-electron chi connectivity index (χ0n) is 12.3. The maximum Gasteiger partial charge on any atom is 0.0606 e. The number of rotatable bonds is 5. The molecular weight excluding hydrogens is 268 g/mol. The van der Waals surface area contributed by atoms with Gasteiger partial charge in [0.25, 0.3) is 0 Å². The van der Waals surface area contributed by atoms with Gasteiger partial charge in [-0.25, -0.2) is 0 Å². The van der Waals surface area contributed by atoms with Crippen molar-refractivity contribution in [3.05, 3.63) is 63.9 Å². The van der Waals surface area contributed by atoms with Gasteiger partial charge in [-0.3, -0.25) is 4.98 Å². The van der Waals surface area contributed by atoms with Crippen LogP contribution in [0.3, 0.4) is 0 Å². The Kier molecular flexibility index (Phi) is 5.16. The van der Waals surface area contributed by atoms with E-state index in [2.05, 4.69) is 42.3 Å². The van der Waals surface area contributed by atoms with Crippen LogP contribution < -0.4 is 5.32 Å². The summed E-state index contributed by atoms with van der Waals surface area (Å²) in [7, 11) is 0. The fourth-order valence-electron chi connectivity index (χ4n) is 2.33. The first kappa shape index (κ1) is 15.0. The van der Waals surface area contributed by atoms with Gasteiger partial charge in [0.05, 0.1) is 6.04 Å². The molecule has 2 rings (SSSR count). The van der Waals surface area contributed by atoms with Gasteiger partial charge >= 0.3 is 0 Å². The van der Waals surface area contributed by atoms with E-state index in [0.29, 0.717) is 0 Å². The van der Waals surface area contributed by atoms with Crippen molar-refractivity contribution in [3.63, 3.8) is 0 Å². The van der Waals surface area contributed by atoms with E-state index in [0.717, 1.165) is 40.2 Å². The van der Waals surface area contributed by atoms with Crippen molar-refractivity contribution >= 4 is 11.6 Å². The highest BCUT2D eigenvalue weighted by atomic mass is 35.5. The summed E-state index contributed by atoms with van der Waals surface area (Å²) in [5, 5.41) is 4.41. The van der Waals surface area contributed by atoms with Crippen molar-refractivity contribution in [2.75, 3.05) is 6.54 Å². The summed E-state index contributed by atoms with van der Waals surface area (Å²) < 4.78 is 0. The maximum atomic E-state index is 6.50. The molecule has 1 heterocycles. The predicted octanol–water partition coefficient (Wildman–Crippen LogP) is 4.44. The molecule has 0 amide bonds. The van der Waals surface area contributed by atoms with Gasteiger partial charge < -0.3 is 5.32 Å². The molecule has 1 aromatic carbocycles. The summed E-state index contributed by atoms with van der Waals surface area (Å²) in [5.41, 5.74) is 4.54. The van der Waals surface area contributed by atoms with Crippen LogP contribution in [0.5, 0.6) is 0 Å². The Morgan fingerprint density at radius 1 is 1.25 bits per heavy atom. The molecule has 3 heteroatoms. The molecule has 106 valence electrons. The molecule has 0 bridgehead atoms. The van der Waals surface area contributed by atoms with Crippen LogP contribution >= 0.6 is 11.6 Å². The highest BCUT2D eigenvalue weighted by molar-refractivity contribution is 6.32. The van der Waals surface area contributed by atoms with Crippen LogP contribution in [0.15, 0.2) is 36.7 Å². The molecule has 20 heavy (non-hydrogen) atoms. The highest BCUT2D eigenvalue weighted by Crippen LogP contribution is 2.30. The van der Waals surface area contributed by atoms with Crippen molar-refractivity contribution in [1.82, 2.24) is 10.3 Å². The highest BCUT2D eigenvalue weighted by Gasteiger charge is 2.17. The van der Waals surface area contributed by atoms with Crippen LogP contribution in [0, 0.1) is 13.8 Å². The van der Waals surface area contributed by atoms with Crippen molar-refractivity contribution in [2.45, 2.75) is 33.2 Å². The molecule has 0 fully saturated rings. The molecule has 2 aromatic rings. The molecule has 0 aliphatic rings. The number of aromatic nitrogens is 1. The van der Waals surface area contributed by atoms with E-state index in [1.54, 1.807) is 0 Å². The second-order valence-corrected chi connectivity index (χ2v) is 5.54. The second kappa shape index (κ2) is 6.87. The van der Waals surface area contributed by atoms with Gasteiger partial charge in [0.15, 0.2) is 0 Å². The zero-order chi connectivity index (χ0) is 14.5. The summed E-state index contributed by atoms with van der Waals surface area (Å²) in [6.07, 6.45) is 4.87. The monoisotopic (exact) mass is 288 g/mol. The smallest absolute Gasteiger partial charge is 0.0606 e. The quantitative estimate of drug-likeness (QED) is 0.880. The largest absolute Gasteiger partial charge is 0.306 e. The van der Waals surface area contributed by atoms with Gasteiger partial charge in [-0.2, -0.15) is 0 Å². The van der Waals surface area contributed by atoms with Crippen molar-refractivity contribution in [3.8, 4) is 0 Å². The summed E-state index contributed by atoms with van der Waals surface area (Å²) in [4.78, 5) is 4.31. The van der Waals surface area contributed by atoms with E-state index in [9.17, 15) is 0 Å². The van der Waals surface area contributed by atoms with E-state index in [1.165, 1.54) is 0 Å². The third-order valence-corrected chi connectivity index (χ3v) is 3.88. The predicted molar refractivity (Wildman–Crippen MR) is 85.3 cm³/mol. The molecule has 0 saturated carbocycles. The molecule has 2 nitrogen and oxygen atoms in total. The van der Waals surface area contributed by atoms with Crippen molar-refractivity contribution in [2.24, 2.45) is 0 Å². The number of hydrogen-bond donors (Lipinski definition) is 1. The van der Waals surface area contributed by atoms with E-state index < -0.39 is 0 Å². The summed E-state index contributed by atoms with van der Waals surface area (Å²) in [5.74, 6) is 0. The lowest BCUT2D eigenvalue weighted by molar-refractivity contribution is 0.596. The lowest BCUT2D eigenvalue weighted by atomic mass is 9.97. The lowest BCUT2D eigenvalue weighted by Gasteiger charge is -2.21. The Morgan fingerprint density at radius 3 is 2.75 bits per heavy atom. The standard InChI is InChI=1S/C17H21ClN2/c1-4-8-20-17(14-9-12(2)10-19-11-14)15-7-5-6-13(3)16(15)18/h5-7,9-11,17,20H,4,8H2,1-3H3. The van der Waals surface area contributed by atoms with Crippen molar-refractivity contribution < 1.29 is 0 Å². The molecule has 0 aliphatic carbocycles. The van der Waals surface area contributed by atoms with Gasteiger partial charge in [0.1, 0.15) is 0 Å². The molecule has 0 aliphatic heterocycles. The van der Waals surface area contributed by atoms with Gasteiger partial charge in [-0.1, -0.05) is 42.8 Å². The Balaban J connectivity index is 2.44. The van der Waals surface area contributed by atoms with E-state index in [1.807, 2.05) is 25.4 Å². The molecule has 0 radical (unpaired) electrons. The molecule has 1 aromatic heterocycles. The molecule has 1 N–H and O–H groups in total. The van der Waals surface area contributed by atoms with Crippen LogP contribution in [-0.2, 0) is 0 Å². The zero-order valence-corrected chi connectivity index (χ0v) is 13.0. The molecule has 0 saturated heterocycles. The summed E-state index contributed by atoms with van der Waals surface area (Å²) in [6.45, 7) is 7.21. The van der Waals surface area contributed by atoms with Crippen LogP contribution in [0.1, 0.15) is 41.6 Å². The Bertz CT molecular complexity index is 581. The number of hydrogen-bond acceptors (Lipinski definition) is 2. The first-order valence-corrected chi connectivity index (χ1v) is 7.41. The topological polar surface area (TPSA) is 24.9 Å². The average molecular weight is 289 g/mol. The Labute approximate surface area is 126 Å². The SMILES string of the molecule is CCCNC(c1cncc(C)c1)c1cccc(C)c1Cl. The van der Waals surface area contributed by atoms with Crippen LogP contribution in [0.25, 0.3) is 0 Å². The number of nitrogens with zero attached hydrogens (tertiary/aromatic N) is 1. The summed E-state index contributed by atoms with van der Waals surface area (Å²) >= 11 is 6.50. The van der Waals surface area contributed by atoms with Crippen LogP contribution in [0.4, 0.5) is 0 Å². The van der Waals surface area contributed by atoms with Gasteiger partial charge in [-0.15, -0.1) is 0 Å². The van der Waals surface area contributed by atoms with E-state index in [4.69, 9.17) is 11.6 Å². The van der Waals surface area contributed by atoms with Gasteiger partial charge in [-0.05, 0) is 49.1 Å². The number of benzene rings is 1. The van der Waals surface area contributed by atoms with Crippen LogP contribution in [0.2, 0.25) is 5.02 Å². The Hall–Kier alpha value is -1.38. The van der Waals surface area contributed by atoms with Gasteiger partial charge in [0.2, 0.25) is 0 Å². The number of nitrogens with one attached hydrogen (secondary N) is 1. The van der Waals surface area contributed by atoms with Crippen molar-refractivity contribution in [1.29, 1.82) is 0 Å². The minimum Gasteiger partial charge on any atom is -0.306 e. The fraction of sp³-hybridized carbons (Fsp3) is 0.353.